The second-order valence-corrected chi connectivity index (χ2v) is 7.95. The monoisotopic (exact) mass is 393 g/mol. The summed E-state index contributed by atoms with van der Waals surface area (Å²) in [6.45, 7) is 0.579. The average molecular weight is 394 g/mol. The molecule has 0 atom stereocenters. The topological polar surface area (TPSA) is 53.1 Å². The van der Waals surface area contributed by atoms with Crippen molar-refractivity contribution in [3.63, 3.8) is 0 Å². The van der Waals surface area contributed by atoms with E-state index in [1.54, 1.807) is 6.07 Å². The largest absolute Gasteiger partial charge is 0.362 e. The van der Waals surface area contributed by atoms with Crippen LogP contribution in [0.25, 0.3) is 10.9 Å². The van der Waals surface area contributed by atoms with Gasteiger partial charge >= 0.3 is 0 Å². The maximum absolute atomic E-state index is 13.8. The van der Waals surface area contributed by atoms with Crippen LogP contribution in [0.5, 0.6) is 0 Å². The van der Waals surface area contributed by atoms with Crippen LogP contribution in [0.4, 0.5) is 16.2 Å². The summed E-state index contributed by atoms with van der Waals surface area (Å²) >= 11 is 0. The van der Waals surface area contributed by atoms with Gasteiger partial charge in [0.1, 0.15) is 11.6 Å². The summed E-state index contributed by atoms with van der Waals surface area (Å²) in [5.41, 5.74) is 1.68. The van der Waals surface area contributed by atoms with Crippen molar-refractivity contribution in [1.29, 1.82) is 0 Å². The number of nitrogens with zero attached hydrogens (tertiary/aromatic N) is 3. The number of anilines is 2. The molecule has 1 aliphatic carbocycles. The van der Waals surface area contributed by atoms with Crippen LogP contribution in [0.2, 0.25) is 0 Å². The summed E-state index contributed by atoms with van der Waals surface area (Å²) in [6.07, 6.45) is 4.20. The second kappa shape index (κ2) is 8.74. The summed E-state index contributed by atoms with van der Waals surface area (Å²) in [7, 11) is 4.01. The van der Waals surface area contributed by atoms with Gasteiger partial charge in [-0.1, -0.05) is 30.3 Å². The van der Waals surface area contributed by atoms with E-state index in [9.17, 15) is 4.39 Å². The van der Waals surface area contributed by atoms with E-state index < -0.39 is 0 Å². The van der Waals surface area contributed by atoms with E-state index >= 15 is 0 Å². The van der Waals surface area contributed by atoms with Crippen molar-refractivity contribution in [2.24, 2.45) is 0 Å². The molecule has 2 N–H and O–H groups in total. The lowest BCUT2D eigenvalue weighted by atomic mass is 9.91. The molecule has 0 spiro atoms. The van der Waals surface area contributed by atoms with Crippen LogP contribution in [-0.4, -0.2) is 36.1 Å². The first kappa shape index (κ1) is 19.6. The molecule has 5 nitrogen and oxygen atoms in total. The molecule has 6 heteroatoms. The van der Waals surface area contributed by atoms with Gasteiger partial charge in [0.15, 0.2) is 0 Å². The number of aromatic nitrogens is 2. The Kier molecular flexibility index (Phi) is 5.90. The van der Waals surface area contributed by atoms with Crippen molar-refractivity contribution in [1.82, 2.24) is 15.3 Å². The van der Waals surface area contributed by atoms with Gasteiger partial charge in [-0.15, -0.1) is 0 Å². The summed E-state index contributed by atoms with van der Waals surface area (Å²) in [6, 6.07) is 15.9. The molecule has 1 aromatic heterocycles. The third kappa shape index (κ3) is 4.65. The molecule has 4 rings (SSSR count). The van der Waals surface area contributed by atoms with Crippen LogP contribution in [0.1, 0.15) is 31.2 Å². The lowest BCUT2D eigenvalue weighted by Gasteiger charge is -2.30. The highest BCUT2D eigenvalue weighted by molar-refractivity contribution is 5.90. The smallest absolute Gasteiger partial charge is 0.225 e. The highest BCUT2D eigenvalue weighted by Crippen LogP contribution is 2.26. The van der Waals surface area contributed by atoms with E-state index in [1.165, 1.54) is 6.07 Å². The molecular weight excluding hydrogens is 365 g/mol. The van der Waals surface area contributed by atoms with Crippen molar-refractivity contribution in [2.75, 3.05) is 24.3 Å². The molecule has 1 heterocycles. The standard InChI is InChI=1S/C23H28FN5/c1-29(2)22-19-8-4-6-10-21(19)27-23(28-22)26-18-13-11-17(12-14-18)25-15-16-7-3-5-9-20(16)24/h3-10,17-18,25H,11-15H2,1-2H3,(H,26,27,28)/t17-,18+. The number of benzene rings is 2. The molecule has 1 saturated carbocycles. The number of halogens is 1. The summed E-state index contributed by atoms with van der Waals surface area (Å²) in [5, 5.41) is 8.10. The molecule has 1 aliphatic rings. The van der Waals surface area contributed by atoms with Gasteiger partial charge in [0.05, 0.1) is 5.52 Å². The minimum Gasteiger partial charge on any atom is -0.362 e. The molecule has 0 saturated heterocycles. The van der Waals surface area contributed by atoms with Gasteiger partial charge in [-0.25, -0.2) is 9.37 Å². The zero-order valence-corrected chi connectivity index (χ0v) is 17.0. The predicted molar refractivity (Wildman–Crippen MR) is 117 cm³/mol. The first-order valence-electron chi connectivity index (χ1n) is 10.3. The summed E-state index contributed by atoms with van der Waals surface area (Å²) < 4.78 is 13.8. The van der Waals surface area contributed by atoms with Crippen molar-refractivity contribution >= 4 is 22.7 Å². The molecule has 0 unspecified atom stereocenters. The van der Waals surface area contributed by atoms with Crippen LogP contribution in [0.15, 0.2) is 48.5 Å². The van der Waals surface area contributed by atoms with E-state index in [0.717, 1.165) is 48.0 Å². The Morgan fingerprint density at radius 1 is 0.931 bits per heavy atom. The molecule has 152 valence electrons. The quantitative estimate of drug-likeness (QED) is 0.652. The van der Waals surface area contributed by atoms with Crippen molar-refractivity contribution in [3.05, 3.63) is 59.9 Å². The third-order valence-electron chi connectivity index (χ3n) is 5.61. The second-order valence-electron chi connectivity index (χ2n) is 7.95. The van der Waals surface area contributed by atoms with Crippen LogP contribution < -0.4 is 15.5 Å². The zero-order chi connectivity index (χ0) is 20.2. The number of hydrogen-bond donors (Lipinski definition) is 2. The Hall–Kier alpha value is -2.73. The highest BCUT2D eigenvalue weighted by atomic mass is 19.1. The van der Waals surface area contributed by atoms with E-state index in [-0.39, 0.29) is 5.82 Å². The van der Waals surface area contributed by atoms with Crippen LogP contribution in [0, 0.1) is 5.82 Å². The highest BCUT2D eigenvalue weighted by Gasteiger charge is 2.22. The Bertz CT molecular complexity index is 966. The number of fused-ring (bicyclic) bond motifs is 1. The van der Waals surface area contributed by atoms with Crippen molar-refractivity contribution in [3.8, 4) is 0 Å². The summed E-state index contributed by atoms with van der Waals surface area (Å²) in [4.78, 5) is 11.5. The number of nitrogens with one attached hydrogen (secondary N) is 2. The van der Waals surface area contributed by atoms with E-state index in [1.807, 2.05) is 49.3 Å². The number of rotatable bonds is 6. The fraction of sp³-hybridized carbons (Fsp3) is 0.391. The average Bonchev–Trinajstić information content (AvgIpc) is 2.73. The SMILES string of the molecule is CN(C)c1nc(N[C@H]2CC[C@@H](NCc3ccccc3F)CC2)nc2ccccc12. The Labute approximate surface area is 171 Å². The molecule has 0 aliphatic heterocycles. The fourth-order valence-corrected chi connectivity index (χ4v) is 3.99. The number of hydrogen-bond acceptors (Lipinski definition) is 5. The summed E-state index contributed by atoms with van der Waals surface area (Å²) in [5.74, 6) is 1.48. The predicted octanol–water partition coefficient (Wildman–Crippen LogP) is 4.35. The van der Waals surface area contributed by atoms with Gasteiger partial charge in [-0.3, -0.25) is 0 Å². The minimum absolute atomic E-state index is 0.138. The normalized spacial score (nSPS) is 19.3. The molecule has 29 heavy (non-hydrogen) atoms. The van der Waals surface area contributed by atoms with Gasteiger partial charge in [0.2, 0.25) is 5.95 Å². The van der Waals surface area contributed by atoms with Gasteiger partial charge in [-0.2, -0.15) is 4.98 Å². The van der Waals surface area contributed by atoms with Crippen molar-refractivity contribution in [2.45, 2.75) is 44.3 Å². The van der Waals surface area contributed by atoms with E-state index in [2.05, 4.69) is 16.7 Å². The lowest BCUT2D eigenvalue weighted by Crippen LogP contribution is -2.37. The molecular formula is C23H28FN5. The van der Waals surface area contributed by atoms with Gasteiger partial charge in [0.25, 0.3) is 0 Å². The fourth-order valence-electron chi connectivity index (χ4n) is 3.99. The van der Waals surface area contributed by atoms with Gasteiger partial charge in [0, 0.05) is 43.7 Å². The molecule has 0 amide bonds. The molecule has 1 fully saturated rings. The lowest BCUT2D eigenvalue weighted by molar-refractivity contribution is 0.350. The van der Waals surface area contributed by atoms with Gasteiger partial charge < -0.3 is 15.5 Å². The van der Waals surface area contributed by atoms with E-state index in [4.69, 9.17) is 9.97 Å². The van der Waals surface area contributed by atoms with Crippen LogP contribution in [-0.2, 0) is 6.54 Å². The van der Waals surface area contributed by atoms with Gasteiger partial charge in [-0.05, 0) is 43.9 Å². The molecule has 0 bridgehead atoms. The first-order chi connectivity index (χ1) is 14.1. The zero-order valence-electron chi connectivity index (χ0n) is 17.0. The first-order valence-corrected chi connectivity index (χ1v) is 10.3. The molecule has 3 aromatic rings. The Balaban J connectivity index is 1.35. The van der Waals surface area contributed by atoms with Crippen LogP contribution >= 0.6 is 0 Å². The minimum atomic E-state index is -0.138. The Morgan fingerprint density at radius 3 is 2.38 bits per heavy atom. The molecule has 0 radical (unpaired) electrons. The number of para-hydroxylation sites is 1. The van der Waals surface area contributed by atoms with E-state index in [0.29, 0.717) is 24.6 Å². The van der Waals surface area contributed by atoms with Crippen molar-refractivity contribution < 1.29 is 4.39 Å². The molecule has 2 aromatic carbocycles. The third-order valence-corrected chi connectivity index (χ3v) is 5.61. The Morgan fingerprint density at radius 2 is 1.62 bits per heavy atom. The van der Waals surface area contributed by atoms with Crippen LogP contribution in [0.3, 0.4) is 0 Å². The maximum atomic E-state index is 13.8. The maximum Gasteiger partial charge on any atom is 0.225 e.